The summed E-state index contributed by atoms with van der Waals surface area (Å²) in [6, 6.07) is 13.6. The van der Waals surface area contributed by atoms with Crippen molar-refractivity contribution in [2.45, 2.75) is 32.7 Å². The highest BCUT2D eigenvalue weighted by Gasteiger charge is 2.05. The maximum atomic E-state index is 13.2. The van der Waals surface area contributed by atoms with E-state index in [0.29, 0.717) is 11.6 Å². The molecule has 2 aromatic rings. The summed E-state index contributed by atoms with van der Waals surface area (Å²) in [5.74, 6) is 0.721. The van der Waals surface area contributed by atoms with E-state index in [0.717, 1.165) is 24.3 Å². The van der Waals surface area contributed by atoms with Crippen LogP contribution in [-0.4, -0.2) is 13.2 Å². The van der Waals surface area contributed by atoms with Crippen molar-refractivity contribution in [2.75, 3.05) is 12.4 Å². The van der Waals surface area contributed by atoms with Gasteiger partial charge in [0.05, 0.1) is 7.11 Å². The van der Waals surface area contributed by atoms with Crippen LogP contribution in [0, 0.1) is 12.7 Å². The minimum absolute atomic E-state index is 0.161. The van der Waals surface area contributed by atoms with Crippen molar-refractivity contribution in [1.29, 1.82) is 0 Å². The van der Waals surface area contributed by atoms with Crippen LogP contribution in [0.1, 0.15) is 24.5 Å². The zero-order chi connectivity index (χ0) is 15.2. The van der Waals surface area contributed by atoms with E-state index in [2.05, 4.69) is 24.4 Å². The van der Waals surface area contributed by atoms with Gasteiger partial charge >= 0.3 is 0 Å². The summed E-state index contributed by atoms with van der Waals surface area (Å²) in [6.45, 7) is 3.92. The molecule has 0 aliphatic carbocycles. The predicted octanol–water partition coefficient (Wildman–Crippen LogP) is 4.58. The molecule has 0 fully saturated rings. The van der Waals surface area contributed by atoms with Gasteiger partial charge in [-0.3, -0.25) is 0 Å². The molecule has 0 saturated carbocycles. The number of benzene rings is 2. The highest BCUT2D eigenvalue weighted by Crippen LogP contribution is 2.17. The first kappa shape index (κ1) is 15.4. The molecule has 0 amide bonds. The highest BCUT2D eigenvalue weighted by molar-refractivity contribution is 5.46. The van der Waals surface area contributed by atoms with Crippen LogP contribution in [0.15, 0.2) is 42.5 Å². The number of nitrogens with one attached hydrogen (secondary N) is 1. The van der Waals surface area contributed by atoms with Gasteiger partial charge in [0.15, 0.2) is 0 Å². The monoisotopic (exact) mass is 287 g/mol. The molecule has 112 valence electrons. The molecule has 0 spiro atoms. The first-order chi connectivity index (χ1) is 10.1. The lowest BCUT2D eigenvalue weighted by Crippen LogP contribution is -2.16. The average molecular weight is 287 g/mol. The first-order valence-electron chi connectivity index (χ1n) is 7.24. The molecule has 0 saturated heterocycles. The summed E-state index contributed by atoms with van der Waals surface area (Å²) in [7, 11) is 1.67. The van der Waals surface area contributed by atoms with E-state index >= 15 is 0 Å². The van der Waals surface area contributed by atoms with Gasteiger partial charge in [0.1, 0.15) is 11.6 Å². The van der Waals surface area contributed by atoms with E-state index in [9.17, 15) is 4.39 Å². The van der Waals surface area contributed by atoms with Crippen LogP contribution in [-0.2, 0) is 6.42 Å². The van der Waals surface area contributed by atoms with Gasteiger partial charge in [-0.1, -0.05) is 12.1 Å². The second-order valence-electron chi connectivity index (χ2n) is 5.40. The zero-order valence-electron chi connectivity index (χ0n) is 12.8. The fraction of sp³-hybridized carbons (Fsp3) is 0.333. The zero-order valence-corrected chi connectivity index (χ0v) is 12.8. The number of hydrogen-bond donors (Lipinski definition) is 1. The summed E-state index contributed by atoms with van der Waals surface area (Å²) in [4.78, 5) is 0. The second-order valence-corrected chi connectivity index (χ2v) is 5.40. The van der Waals surface area contributed by atoms with Crippen LogP contribution in [0.3, 0.4) is 0 Å². The molecule has 1 atom stereocenters. The quantitative estimate of drug-likeness (QED) is 0.840. The molecule has 0 radical (unpaired) electrons. The van der Waals surface area contributed by atoms with Gasteiger partial charge in [-0.15, -0.1) is 0 Å². The number of hydrogen-bond acceptors (Lipinski definition) is 2. The largest absolute Gasteiger partial charge is 0.497 e. The van der Waals surface area contributed by atoms with Gasteiger partial charge in [-0.25, -0.2) is 4.39 Å². The normalized spacial score (nSPS) is 12.0. The summed E-state index contributed by atoms with van der Waals surface area (Å²) in [5, 5.41) is 3.41. The minimum atomic E-state index is -0.161. The van der Waals surface area contributed by atoms with E-state index in [4.69, 9.17) is 4.74 Å². The van der Waals surface area contributed by atoms with Crippen molar-refractivity contribution >= 4 is 5.69 Å². The third-order valence-corrected chi connectivity index (χ3v) is 3.60. The topological polar surface area (TPSA) is 21.3 Å². The SMILES string of the molecule is COc1ccc(CCC(C)Nc2ccc(F)c(C)c2)cc1. The Morgan fingerprint density at radius 1 is 1.14 bits per heavy atom. The molecule has 3 heteroatoms. The van der Waals surface area contributed by atoms with Crippen LogP contribution < -0.4 is 10.1 Å². The maximum absolute atomic E-state index is 13.2. The lowest BCUT2D eigenvalue weighted by Gasteiger charge is -2.16. The fourth-order valence-corrected chi connectivity index (χ4v) is 2.27. The smallest absolute Gasteiger partial charge is 0.126 e. The van der Waals surface area contributed by atoms with Gasteiger partial charge in [0, 0.05) is 11.7 Å². The Balaban J connectivity index is 1.86. The van der Waals surface area contributed by atoms with Gasteiger partial charge in [0.25, 0.3) is 0 Å². The number of anilines is 1. The van der Waals surface area contributed by atoms with Crippen molar-refractivity contribution in [1.82, 2.24) is 0 Å². The third kappa shape index (κ3) is 4.48. The van der Waals surface area contributed by atoms with Crippen molar-refractivity contribution in [3.63, 3.8) is 0 Å². The third-order valence-electron chi connectivity index (χ3n) is 3.60. The average Bonchev–Trinajstić information content (AvgIpc) is 2.49. The Bertz CT molecular complexity index is 580. The lowest BCUT2D eigenvalue weighted by molar-refractivity contribution is 0.414. The molecule has 2 aromatic carbocycles. The lowest BCUT2D eigenvalue weighted by atomic mass is 10.1. The van der Waals surface area contributed by atoms with E-state index in [1.54, 1.807) is 20.1 Å². The molecule has 0 aliphatic rings. The fourth-order valence-electron chi connectivity index (χ4n) is 2.27. The Kier molecular flexibility index (Phi) is 5.20. The molecule has 0 bridgehead atoms. The number of aryl methyl sites for hydroxylation is 2. The molecular formula is C18H22FNO. The molecule has 21 heavy (non-hydrogen) atoms. The molecule has 1 N–H and O–H groups in total. The van der Waals surface area contributed by atoms with E-state index in [1.807, 2.05) is 18.2 Å². The van der Waals surface area contributed by atoms with Gasteiger partial charge in [-0.2, -0.15) is 0 Å². The van der Waals surface area contributed by atoms with E-state index in [-0.39, 0.29) is 5.82 Å². The Morgan fingerprint density at radius 2 is 1.86 bits per heavy atom. The molecule has 0 heterocycles. The number of methoxy groups -OCH3 is 1. The van der Waals surface area contributed by atoms with Crippen LogP contribution >= 0.6 is 0 Å². The Labute approximate surface area is 126 Å². The molecular weight excluding hydrogens is 265 g/mol. The van der Waals surface area contributed by atoms with Crippen molar-refractivity contribution in [3.8, 4) is 5.75 Å². The van der Waals surface area contributed by atoms with Crippen molar-refractivity contribution in [2.24, 2.45) is 0 Å². The van der Waals surface area contributed by atoms with Crippen LogP contribution in [0.5, 0.6) is 5.75 Å². The second kappa shape index (κ2) is 7.11. The van der Waals surface area contributed by atoms with E-state index in [1.165, 1.54) is 11.6 Å². The summed E-state index contributed by atoms with van der Waals surface area (Å²) >= 11 is 0. The molecule has 0 aliphatic heterocycles. The highest BCUT2D eigenvalue weighted by atomic mass is 19.1. The standard InChI is InChI=1S/C18H22FNO/c1-13-12-16(8-11-18(13)19)20-14(2)4-5-15-6-9-17(21-3)10-7-15/h6-12,14,20H,4-5H2,1-3H3. The Hall–Kier alpha value is -2.03. The van der Waals surface area contributed by atoms with Crippen molar-refractivity contribution < 1.29 is 9.13 Å². The van der Waals surface area contributed by atoms with E-state index < -0.39 is 0 Å². The van der Waals surface area contributed by atoms with Crippen LogP contribution in [0.2, 0.25) is 0 Å². The molecule has 2 nitrogen and oxygen atoms in total. The van der Waals surface area contributed by atoms with Gasteiger partial charge in [-0.05, 0) is 68.1 Å². The Morgan fingerprint density at radius 3 is 2.48 bits per heavy atom. The number of ether oxygens (including phenoxy) is 1. The minimum Gasteiger partial charge on any atom is -0.497 e. The molecule has 0 aromatic heterocycles. The summed E-state index contributed by atoms with van der Waals surface area (Å²) in [5.41, 5.74) is 2.93. The summed E-state index contributed by atoms with van der Waals surface area (Å²) in [6.07, 6.45) is 2.01. The maximum Gasteiger partial charge on any atom is 0.126 e. The van der Waals surface area contributed by atoms with Gasteiger partial charge < -0.3 is 10.1 Å². The van der Waals surface area contributed by atoms with Crippen LogP contribution in [0.25, 0.3) is 0 Å². The molecule has 2 rings (SSSR count). The predicted molar refractivity (Wildman–Crippen MR) is 85.5 cm³/mol. The van der Waals surface area contributed by atoms with Gasteiger partial charge in [0.2, 0.25) is 0 Å². The molecule has 1 unspecified atom stereocenters. The number of rotatable bonds is 6. The van der Waals surface area contributed by atoms with Crippen LogP contribution in [0.4, 0.5) is 10.1 Å². The number of halogens is 1. The first-order valence-corrected chi connectivity index (χ1v) is 7.24. The summed E-state index contributed by atoms with van der Waals surface area (Å²) < 4.78 is 18.4. The van der Waals surface area contributed by atoms with Crippen molar-refractivity contribution in [3.05, 3.63) is 59.4 Å².